The van der Waals surface area contributed by atoms with Crippen molar-refractivity contribution in [1.29, 1.82) is 0 Å². The summed E-state index contributed by atoms with van der Waals surface area (Å²) in [5.74, 6) is 0. The van der Waals surface area contributed by atoms with Crippen molar-refractivity contribution >= 4 is 0 Å². The Balaban J connectivity index is 1.77. The molecule has 14 atom stereocenters. The molecule has 0 aromatic rings. The van der Waals surface area contributed by atoms with Gasteiger partial charge in [0.05, 0.1) is 19.3 Å². The molecule has 182 valence electrons. The van der Waals surface area contributed by atoms with Gasteiger partial charge < -0.3 is 69.6 Å². The third-order valence-electron chi connectivity index (χ3n) is 5.66. The van der Waals surface area contributed by atoms with E-state index < -0.39 is 92.6 Å². The molecule has 0 amide bonds. The van der Waals surface area contributed by atoms with Crippen molar-refractivity contribution < 1.29 is 69.6 Å². The monoisotopic (exact) mass is 458 g/mol. The van der Waals surface area contributed by atoms with Crippen molar-refractivity contribution in [3.8, 4) is 0 Å². The van der Waals surface area contributed by atoms with E-state index in [4.69, 9.17) is 23.7 Å². The van der Waals surface area contributed by atoms with Crippen LogP contribution >= 0.6 is 0 Å². The van der Waals surface area contributed by atoms with Gasteiger partial charge in [0.15, 0.2) is 18.9 Å². The summed E-state index contributed by atoms with van der Waals surface area (Å²) in [6.07, 6.45) is -21.5. The maximum Gasteiger partial charge on any atom is 0.187 e. The van der Waals surface area contributed by atoms with Crippen LogP contribution in [0.1, 0.15) is 6.92 Å². The van der Waals surface area contributed by atoms with Crippen LogP contribution in [0.2, 0.25) is 0 Å². The van der Waals surface area contributed by atoms with Crippen LogP contribution in [0, 0.1) is 0 Å². The second kappa shape index (κ2) is 10.1. The normalized spacial score (nSPS) is 54.0. The number of ether oxygens (including phenoxy) is 5. The standard InChI is InChI=1S/C17H30O14/c1-4-7(20)13(30-16-11(24)8(21)5(19)3-27-16)14(15(26)28-4)31-17-12(25)10(23)9(22)6(2-18)29-17/h4-26H,2-3H2,1H3/t4-,5-,6-,7+,8+,9-,10+,11-,12-,13+,14-,15?,16+,17+/m1/s1. The molecule has 1 unspecified atom stereocenters. The van der Waals surface area contributed by atoms with E-state index in [-0.39, 0.29) is 6.61 Å². The Morgan fingerprint density at radius 2 is 1.32 bits per heavy atom. The lowest BCUT2D eigenvalue weighted by Gasteiger charge is -2.47. The largest absolute Gasteiger partial charge is 0.394 e. The summed E-state index contributed by atoms with van der Waals surface area (Å²) in [6.45, 7) is 0.333. The Kier molecular flexibility index (Phi) is 8.21. The van der Waals surface area contributed by atoms with Gasteiger partial charge >= 0.3 is 0 Å². The van der Waals surface area contributed by atoms with Crippen molar-refractivity contribution in [1.82, 2.24) is 0 Å². The summed E-state index contributed by atoms with van der Waals surface area (Å²) >= 11 is 0. The van der Waals surface area contributed by atoms with Gasteiger partial charge in [-0.05, 0) is 6.92 Å². The minimum absolute atomic E-state index is 0.376. The molecule has 14 heteroatoms. The first kappa shape index (κ1) is 25.1. The fourth-order valence-corrected chi connectivity index (χ4v) is 3.69. The maximum absolute atomic E-state index is 10.5. The molecule has 0 bridgehead atoms. The van der Waals surface area contributed by atoms with Crippen molar-refractivity contribution in [2.45, 2.75) is 92.9 Å². The van der Waals surface area contributed by atoms with E-state index in [9.17, 15) is 46.0 Å². The zero-order chi connectivity index (χ0) is 23.0. The molecule has 0 aromatic carbocycles. The highest BCUT2D eigenvalue weighted by Gasteiger charge is 2.52. The van der Waals surface area contributed by atoms with E-state index in [0.29, 0.717) is 0 Å². The van der Waals surface area contributed by atoms with Crippen LogP contribution in [0.5, 0.6) is 0 Å². The number of aliphatic hydroxyl groups excluding tert-OH is 9. The molecule has 0 radical (unpaired) electrons. The molecular weight excluding hydrogens is 428 g/mol. The van der Waals surface area contributed by atoms with Gasteiger partial charge in [-0.1, -0.05) is 0 Å². The molecule has 3 saturated heterocycles. The lowest BCUT2D eigenvalue weighted by molar-refractivity contribution is -0.380. The zero-order valence-corrected chi connectivity index (χ0v) is 16.6. The smallest absolute Gasteiger partial charge is 0.187 e. The first-order valence-corrected chi connectivity index (χ1v) is 9.85. The van der Waals surface area contributed by atoms with Crippen LogP contribution in [0.3, 0.4) is 0 Å². The Bertz CT molecular complexity index is 579. The Hall–Kier alpha value is -0.560. The topological polar surface area (TPSA) is 228 Å². The van der Waals surface area contributed by atoms with Crippen molar-refractivity contribution in [3.05, 3.63) is 0 Å². The molecule has 14 nitrogen and oxygen atoms in total. The van der Waals surface area contributed by atoms with Crippen LogP contribution in [0.25, 0.3) is 0 Å². The molecule has 0 aliphatic carbocycles. The summed E-state index contributed by atoms with van der Waals surface area (Å²) in [5.41, 5.74) is 0. The van der Waals surface area contributed by atoms with Crippen LogP contribution in [-0.4, -0.2) is 145 Å². The third kappa shape index (κ3) is 5.02. The third-order valence-corrected chi connectivity index (χ3v) is 5.66. The molecule has 31 heavy (non-hydrogen) atoms. The van der Waals surface area contributed by atoms with Gasteiger partial charge in [0.1, 0.15) is 61.0 Å². The van der Waals surface area contributed by atoms with Gasteiger partial charge in [-0.2, -0.15) is 0 Å². The molecule has 0 spiro atoms. The SMILES string of the molecule is C[C@H]1OC(O)[C@H](O[C@@H]2O[C@H](CO)[C@@H](O)[C@H](O)[C@H]2O)[C@@H](O[C@@H]2OC[C@@H](O)[C@H](O)[C@H]2O)[C@H]1O. The molecule has 0 saturated carbocycles. The highest BCUT2D eigenvalue weighted by atomic mass is 16.8. The van der Waals surface area contributed by atoms with Crippen molar-refractivity contribution in [3.63, 3.8) is 0 Å². The van der Waals surface area contributed by atoms with E-state index in [1.165, 1.54) is 6.92 Å². The van der Waals surface area contributed by atoms with Crippen LogP contribution < -0.4 is 0 Å². The quantitative estimate of drug-likeness (QED) is 0.187. The summed E-state index contributed by atoms with van der Waals surface area (Å²) in [6, 6.07) is 0. The fraction of sp³-hybridized carbons (Fsp3) is 1.00. The average molecular weight is 458 g/mol. The molecule has 3 aliphatic rings. The minimum atomic E-state index is -1.80. The van der Waals surface area contributed by atoms with Crippen molar-refractivity contribution in [2.24, 2.45) is 0 Å². The number of hydrogen-bond acceptors (Lipinski definition) is 14. The summed E-state index contributed by atoms with van der Waals surface area (Å²) < 4.78 is 26.6. The zero-order valence-electron chi connectivity index (χ0n) is 16.6. The predicted molar refractivity (Wildman–Crippen MR) is 93.8 cm³/mol. The Morgan fingerprint density at radius 1 is 0.710 bits per heavy atom. The molecular formula is C17H30O14. The molecule has 3 aliphatic heterocycles. The van der Waals surface area contributed by atoms with Gasteiger partial charge in [0, 0.05) is 0 Å². The summed E-state index contributed by atoms with van der Waals surface area (Å²) in [4.78, 5) is 0. The van der Waals surface area contributed by atoms with Gasteiger partial charge in [0.25, 0.3) is 0 Å². The van der Waals surface area contributed by atoms with Gasteiger partial charge in [-0.15, -0.1) is 0 Å². The maximum atomic E-state index is 10.5. The second-order valence-corrected chi connectivity index (χ2v) is 7.87. The van der Waals surface area contributed by atoms with Gasteiger partial charge in [-0.3, -0.25) is 0 Å². The predicted octanol–water partition coefficient (Wildman–Crippen LogP) is -5.91. The highest BCUT2D eigenvalue weighted by Crippen LogP contribution is 2.31. The second-order valence-electron chi connectivity index (χ2n) is 7.87. The van der Waals surface area contributed by atoms with Gasteiger partial charge in [-0.25, -0.2) is 0 Å². The van der Waals surface area contributed by atoms with Crippen molar-refractivity contribution in [2.75, 3.05) is 13.2 Å². The summed E-state index contributed by atoms with van der Waals surface area (Å²) in [7, 11) is 0. The minimum Gasteiger partial charge on any atom is -0.394 e. The van der Waals surface area contributed by atoms with Gasteiger partial charge in [0.2, 0.25) is 0 Å². The average Bonchev–Trinajstić information content (AvgIpc) is 2.74. The Morgan fingerprint density at radius 3 is 1.97 bits per heavy atom. The molecule has 0 aromatic heterocycles. The lowest BCUT2D eigenvalue weighted by Crippen LogP contribution is -2.65. The number of aliphatic hydroxyl groups is 9. The molecule has 3 fully saturated rings. The van der Waals surface area contributed by atoms with E-state index in [1.807, 2.05) is 0 Å². The molecule has 3 heterocycles. The first-order chi connectivity index (χ1) is 14.6. The van der Waals surface area contributed by atoms with Crippen LogP contribution in [-0.2, 0) is 23.7 Å². The van der Waals surface area contributed by atoms with E-state index >= 15 is 0 Å². The van der Waals surface area contributed by atoms with Crippen LogP contribution in [0.4, 0.5) is 0 Å². The first-order valence-electron chi connectivity index (χ1n) is 9.85. The van der Waals surface area contributed by atoms with E-state index in [2.05, 4.69) is 0 Å². The van der Waals surface area contributed by atoms with E-state index in [1.54, 1.807) is 0 Å². The molecule has 3 rings (SSSR count). The number of hydrogen-bond donors (Lipinski definition) is 9. The highest BCUT2D eigenvalue weighted by molar-refractivity contribution is 4.94. The van der Waals surface area contributed by atoms with Crippen LogP contribution in [0.15, 0.2) is 0 Å². The Labute approximate surface area is 176 Å². The lowest BCUT2D eigenvalue weighted by atomic mass is 9.97. The summed E-state index contributed by atoms with van der Waals surface area (Å²) in [5, 5.41) is 89.7. The number of rotatable bonds is 5. The van der Waals surface area contributed by atoms with E-state index in [0.717, 1.165) is 0 Å². The fourth-order valence-electron chi connectivity index (χ4n) is 3.69. The molecule has 9 N–H and O–H groups in total.